The zero-order chi connectivity index (χ0) is 12.1. The average Bonchev–Trinajstić information content (AvgIpc) is 2.24. The lowest BCUT2D eigenvalue weighted by atomic mass is 10.1. The Morgan fingerprint density at radius 3 is 2.81 bits per heavy atom. The highest BCUT2D eigenvalue weighted by Gasteiger charge is 2.18. The van der Waals surface area contributed by atoms with Crippen molar-refractivity contribution in [3.63, 3.8) is 0 Å². The maximum Gasteiger partial charge on any atom is 0.182 e. The van der Waals surface area contributed by atoms with Crippen molar-refractivity contribution in [2.45, 2.75) is 0 Å². The van der Waals surface area contributed by atoms with Gasteiger partial charge in [-0.15, -0.1) is 6.42 Å². The molecule has 1 aromatic carbocycles. The average molecular weight is 288 g/mol. The molecule has 0 heterocycles. The first-order chi connectivity index (χ1) is 7.57. The molecule has 0 aliphatic heterocycles. The van der Waals surface area contributed by atoms with Gasteiger partial charge in [0.1, 0.15) is 5.82 Å². The van der Waals surface area contributed by atoms with Crippen molar-refractivity contribution < 1.29 is 13.6 Å². The minimum Gasteiger partial charge on any atom is -0.299 e. The van der Waals surface area contributed by atoms with Crippen LogP contribution in [0.15, 0.2) is 16.6 Å². The van der Waals surface area contributed by atoms with Gasteiger partial charge in [0, 0.05) is 0 Å². The van der Waals surface area contributed by atoms with Crippen LogP contribution in [-0.2, 0) is 0 Å². The summed E-state index contributed by atoms with van der Waals surface area (Å²) in [4.78, 5) is 11.5. The number of halogens is 3. The molecule has 0 aromatic heterocycles. The van der Waals surface area contributed by atoms with E-state index in [2.05, 4.69) is 27.2 Å². The lowest BCUT2D eigenvalue weighted by Gasteiger charge is -2.05. The molecule has 5 heteroatoms. The van der Waals surface area contributed by atoms with E-state index in [4.69, 9.17) is 6.42 Å². The van der Waals surface area contributed by atoms with E-state index in [9.17, 15) is 13.6 Å². The highest BCUT2D eigenvalue weighted by atomic mass is 79.9. The molecule has 0 spiro atoms. The van der Waals surface area contributed by atoms with Crippen molar-refractivity contribution in [3.05, 3.63) is 33.8 Å². The topological polar surface area (TPSA) is 29.1 Å². The monoisotopic (exact) mass is 287 g/mol. The van der Waals surface area contributed by atoms with E-state index in [-0.39, 0.29) is 17.6 Å². The first-order valence-corrected chi connectivity index (χ1v) is 5.18. The molecule has 1 N–H and O–H groups in total. The number of hydrogen-bond donors (Lipinski definition) is 1. The van der Waals surface area contributed by atoms with Crippen LogP contribution in [0.1, 0.15) is 10.4 Å². The van der Waals surface area contributed by atoms with E-state index >= 15 is 0 Å². The van der Waals surface area contributed by atoms with E-state index in [1.54, 1.807) is 0 Å². The molecular formula is C11H8BrF2NO. The number of ketones is 1. The minimum atomic E-state index is -0.896. The normalized spacial score (nSPS) is 9.88. The molecule has 0 amide bonds. The third kappa shape index (κ3) is 2.87. The second-order valence-corrected chi connectivity index (χ2v) is 3.80. The Morgan fingerprint density at radius 2 is 2.19 bits per heavy atom. The summed E-state index contributed by atoms with van der Waals surface area (Å²) < 4.78 is 26.7. The molecule has 0 aliphatic carbocycles. The lowest BCUT2D eigenvalue weighted by molar-refractivity contribution is 0.0984. The van der Waals surface area contributed by atoms with Crippen LogP contribution in [0.3, 0.4) is 0 Å². The predicted octanol–water partition coefficient (Wildman–Crippen LogP) is 2.13. The van der Waals surface area contributed by atoms with Gasteiger partial charge < -0.3 is 0 Å². The van der Waals surface area contributed by atoms with Gasteiger partial charge in [0.25, 0.3) is 0 Å². The van der Waals surface area contributed by atoms with E-state index in [1.807, 2.05) is 0 Å². The summed E-state index contributed by atoms with van der Waals surface area (Å²) in [5, 5.41) is 2.57. The highest BCUT2D eigenvalue weighted by Crippen LogP contribution is 2.21. The number of carbonyl (C=O) groups excluding carboxylic acids is 1. The number of benzene rings is 1. The first-order valence-electron chi connectivity index (χ1n) is 4.38. The number of terminal acetylenes is 1. The predicted molar refractivity (Wildman–Crippen MR) is 60.1 cm³/mol. The molecule has 1 aromatic rings. The summed E-state index contributed by atoms with van der Waals surface area (Å²) in [7, 11) is 0. The zero-order valence-electron chi connectivity index (χ0n) is 8.19. The molecule has 1 rings (SSSR count). The quantitative estimate of drug-likeness (QED) is 0.398. The largest absolute Gasteiger partial charge is 0.299 e. The van der Waals surface area contributed by atoms with Gasteiger partial charge in [-0.1, -0.05) is 5.92 Å². The van der Waals surface area contributed by atoms with Crippen LogP contribution in [0.4, 0.5) is 8.78 Å². The molecule has 0 radical (unpaired) electrons. The van der Waals surface area contributed by atoms with Crippen LogP contribution in [0.25, 0.3) is 0 Å². The molecule has 2 nitrogen and oxygen atoms in total. The van der Waals surface area contributed by atoms with Crippen LogP contribution in [0.5, 0.6) is 0 Å². The fourth-order valence-electron chi connectivity index (χ4n) is 1.12. The third-order valence-corrected chi connectivity index (χ3v) is 2.45. The number of carbonyl (C=O) groups is 1. The molecular weight excluding hydrogens is 280 g/mol. The van der Waals surface area contributed by atoms with E-state index < -0.39 is 23.0 Å². The van der Waals surface area contributed by atoms with Crippen molar-refractivity contribution in [2.75, 3.05) is 13.1 Å². The van der Waals surface area contributed by atoms with Gasteiger partial charge >= 0.3 is 0 Å². The van der Waals surface area contributed by atoms with E-state index in [0.717, 1.165) is 6.07 Å². The van der Waals surface area contributed by atoms with Crippen molar-refractivity contribution in [1.29, 1.82) is 0 Å². The summed E-state index contributed by atoms with van der Waals surface area (Å²) >= 11 is 2.88. The summed E-state index contributed by atoms with van der Waals surface area (Å²) in [5.74, 6) is -0.197. The second kappa shape index (κ2) is 5.73. The Labute approximate surface area is 100 Å². The van der Waals surface area contributed by atoms with Crippen LogP contribution in [0, 0.1) is 24.0 Å². The molecule has 0 saturated heterocycles. The molecule has 16 heavy (non-hydrogen) atoms. The van der Waals surface area contributed by atoms with E-state index in [1.165, 1.54) is 6.07 Å². The van der Waals surface area contributed by atoms with Gasteiger partial charge in [0.05, 0.1) is 23.1 Å². The number of Topliss-reactive ketones (excluding diaryl/α,β-unsaturated/α-hetero) is 1. The summed E-state index contributed by atoms with van der Waals surface area (Å²) in [5.41, 5.74) is -0.557. The van der Waals surface area contributed by atoms with Gasteiger partial charge in [-0.2, -0.15) is 0 Å². The Kier molecular flexibility index (Phi) is 4.59. The van der Waals surface area contributed by atoms with Crippen molar-refractivity contribution >= 4 is 21.7 Å². The van der Waals surface area contributed by atoms with Crippen LogP contribution in [0.2, 0.25) is 0 Å². The Bertz CT molecular complexity index is 454. The van der Waals surface area contributed by atoms with Crippen molar-refractivity contribution in [3.8, 4) is 12.3 Å². The molecule has 0 saturated carbocycles. The number of hydrogen-bond acceptors (Lipinski definition) is 2. The molecule has 0 bridgehead atoms. The van der Waals surface area contributed by atoms with Crippen LogP contribution >= 0.6 is 15.9 Å². The standard InChI is InChI=1S/C11H8BrF2NO/c1-2-5-15-6-9(16)10-8(13)4-3-7(12)11(10)14/h1,3-4,15H,5-6H2. The lowest BCUT2D eigenvalue weighted by Crippen LogP contribution is -2.24. The Morgan fingerprint density at radius 1 is 1.50 bits per heavy atom. The van der Waals surface area contributed by atoms with Gasteiger partial charge in [-0.25, -0.2) is 8.78 Å². The number of rotatable bonds is 4. The van der Waals surface area contributed by atoms with Crippen molar-refractivity contribution in [2.24, 2.45) is 0 Å². The summed E-state index contributed by atoms with van der Waals surface area (Å²) in [6.07, 6.45) is 4.96. The second-order valence-electron chi connectivity index (χ2n) is 2.95. The maximum absolute atomic E-state index is 13.4. The SMILES string of the molecule is C#CCNCC(=O)c1c(F)ccc(Br)c1F. The maximum atomic E-state index is 13.4. The molecule has 0 atom stereocenters. The molecule has 0 unspecified atom stereocenters. The van der Waals surface area contributed by atoms with Crippen LogP contribution < -0.4 is 5.32 Å². The zero-order valence-corrected chi connectivity index (χ0v) is 9.77. The molecule has 0 fully saturated rings. The third-order valence-electron chi connectivity index (χ3n) is 1.84. The van der Waals surface area contributed by atoms with Gasteiger partial charge in [-0.05, 0) is 28.1 Å². The van der Waals surface area contributed by atoms with Gasteiger partial charge in [0.15, 0.2) is 11.6 Å². The van der Waals surface area contributed by atoms with Gasteiger partial charge in [-0.3, -0.25) is 10.1 Å². The highest BCUT2D eigenvalue weighted by molar-refractivity contribution is 9.10. The summed E-state index contributed by atoms with van der Waals surface area (Å²) in [6, 6.07) is 2.23. The Hall–Kier alpha value is -1.25. The molecule has 84 valence electrons. The first kappa shape index (κ1) is 12.8. The Balaban J connectivity index is 2.91. The fourth-order valence-corrected chi connectivity index (χ4v) is 1.45. The minimum absolute atomic E-state index is 0.0502. The summed E-state index contributed by atoms with van der Waals surface area (Å²) in [6.45, 7) is -0.0303. The van der Waals surface area contributed by atoms with Crippen LogP contribution in [-0.4, -0.2) is 18.9 Å². The number of nitrogens with one attached hydrogen (secondary N) is 1. The van der Waals surface area contributed by atoms with E-state index in [0.29, 0.717) is 0 Å². The van der Waals surface area contributed by atoms with Gasteiger partial charge in [0.2, 0.25) is 0 Å². The fraction of sp³-hybridized carbons (Fsp3) is 0.182. The van der Waals surface area contributed by atoms with Crippen molar-refractivity contribution in [1.82, 2.24) is 5.32 Å². The smallest absolute Gasteiger partial charge is 0.182 e. The molecule has 0 aliphatic rings.